The van der Waals surface area contributed by atoms with Crippen molar-refractivity contribution >= 4 is 27.7 Å². The van der Waals surface area contributed by atoms with Crippen molar-refractivity contribution in [2.45, 2.75) is 38.5 Å². The standard InChI is InChI=1S/C19H21BrN2O2/c1-13-7-8-15(11-18(13)20)21-16-9-17(10-16)22-19(23)24-12-14-5-3-2-4-6-14/h2-8,11,16-17,21H,9-10,12H2,1H3,(H,22,23). The van der Waals surface area contributed by atoms with Crippen molar-refractivity contribution in [1.82, 2.24) is 5.32 Å². The van der Waals surface area contributed by atoms with Crippen molar-refractivity contribution < 1.29 is 9.53 Å². The Labute approximate surface area is 150 Å². The average molecular weight is 389 g/mol. The second-order valence-corrected chi connectivity index (χ2v) is 7.03. The van der Waals surface area contributed by atoms with E-state index >= 15 is 0 Å². The minimum Gasteiger partial charge on any atom is -0.445 e. The lowest BCUT2D eigenvalue weighted by Gasteiger charge is -2.36. The van der Waals surface area contributed by atoms with Gasteiger partial charge in [0.25, 0.3) is 0 Å². The number of halogens is 1. The van der Waals surface area contributed by atoms with Gasteiger partial charge in [-0.2, -0.15) is 0 Å². The third-order valence-electron chi connectivity index (χ3n) is 4.22. The van der Waals surface area contributed by atoms with Gasteiger partial charge in [-0.15, -0.1) is 0 Å². The summed E-state index contributed by atoms with van der Waals surface area (Å²) in [6.07, 6.45) is 1.47. The molecule has 2 aromatic carbocycles. The normalized spacial score (nSPS) is 19.2. The molecule has 0 saturated heterocycles. The highest BCUT2D eigenvalue weighted by Crippen LogP contribution is 2.27. The lowest BCUT2D eigenvalue weighted by Crippen LogP contribution is -2.49. The molecule has 0 aliphatic heterocycles. The van der Waals surface area contributed by atoms with Gasteiger partial charge < -0.3 is 15.4 Å². The summed E-state index contributed by atoms with van der Waals surface area (Å²) in [6.45, 7) is 2.37. The van der Waals surface area contributed by atoms with E-state index in [1.807, 2.05) is 30.3 Å². The van der Waals surface area contributed by atoms with Crippen LogP contribution in [0.25, 0.3) is 0 Å². The second-order valence-electron chi connectivity index (χ2n) is 6.18. The molecule has 2 aromatic rings. The molecule has 1 fully saturated rings. The molecule has 1 aliphatic carbocycles. The highest BCUT2D eigenvalue weighted by molar-refractivity contribution is 9.10. The number of alkyl carbamates (subject to hydrolysis) is 1. The van der Waals surface area contributed by atoms with Gasteiger partial charge in [-0.05, 0) is 43.0 Å². The van der Waals surface area contributed by atoms with Crippen LogP contribution in [0.2, 0.25) is 0 Å². The van der Waals surface area contributed by atoms with Gasteiger partial charge >= 0.3 is 6.09 Å². The van der Waals surface area contributed by atoms with Crippen molar-refractivity contribution in [3.05, 3.63) is 64.1 Å². The topological polar surface area (TPSA) is 50.4 Å². The highest BCUT2D eigenvalue weighted by atomic mass is 79.9. The predicted molar refractivity (Wildman–Crippen MR) is 99.1 cm³/mol. The molecule has 1 amide bonds. The number of benzene rings is 2. The molecule has 4 nitrogen and oxygen atoms in total. The Morgan fingerprint density at radius 3 is 2.62 bits per heavy atom. The smallest absolute Gasteiger partial charge is 0.407 e. The average Bonchev–Trinajstić information content (AvgIpc) is 2.55. The number of carbonyl (C=O) groups is 1. The summed E-state index contributed by atoms with van der Waals surface area (Å²) < 4.78 is 6.34. The Morgan fingerprint density at radius 1 is 1.17 bits per heavy atom. The van der Waals surface area contributed by atoms with Crippen LogP contribution < -0.4 is 10.6 Å². The summed E-state index contributed by atoms with van der Waals surface area (Å²) in [7, 11) is 0. The number of aryl methyl sites for hydroxylation is 1. The summed E-state index contributed by atoms with van der Waals surface area (Å²) in [6, 6.07) is 16.5. The minimum absolute atomic E-state index is 0.180. The van der Waals surface area contributed by atoms with Gasteiger partial charge in [0, 0.05) is 22.2 Å². The van der Waals surface area contributed by atoms with Crippen molar-refractivity contribution in [2.75, 3.05) is 5.32 Å². The molecule has 24 heavy (non-hydrogen) atoms. The van der Waals surface area contributed by atoms with Crippen LogP contribution in [0.15, 0.2) is 53.0 Å². The van der Waals surface area contributed by atoms with Gasteiger partial charge in [0.2, 0.25) is 0 Å². The second kappa shape index (κ2) is 7.71. The van der Waals surface area contributed by atoms with Crippen LogP contribution in [-0.4, -0.2) is 18.2 Å². The summed E-state index contributed by atoms with van der Waals surface area (Å²) in [4.78, 5) is 11.8. The Bertz CT molecular complexity index is 700. The molecule has 0 aromatic heterocycles. The Morgan fingerprint density at radius 2 is 1.92 bits per heavy atom. The van der Waals surface area contributed by atoms with Crippen molar-refractivity contribution in [3.8, 4) is 0 Å². The Kier molecular flexibility index (Phi) is 5.41. The monoisotopic (exact) mass is 388 g/mol. The van der Waals surface area contributed by atoms with Crippen LogP contribution in [-0.2, 0) is 11.3 Å². The van der Waals surface area contributed by atoms with E-state index in [1.165, 1.54) is 5.56 Å². The van der Waals surface area contributed by atoms with Crippen LogP contribution in [0.1, 0.15) is 24.0 Å². The van der Waals surface area contributed by atoms with Crippen LogP contribution in [0, 0.1) is 6.92 Å². The number of amides is 1. The van der Waals surface area contributed by atoms with Gasteiger partial charge in [-0.1, -0.05) is 52.3 Å². The maximum atomic E-state index is 11.8. The molecule has 0 bridgehead atoms. The van der Waals surface area contributed by atoms with Crippen LogP contribution in [0.5, 0.6) is 0 Å². The van der Waals surface area contributed by atoms with Gasteiger partial charge in [0.1, 0.15) is 6.61 Å². The molecule has 0 heterocycles. The zero-order valence-electron chi connectivity index (χ0n) is 13.6. The van der Waals surface area contributed by atoms with E-state index in [4.69, 9.17) is 4.74 Å². The molecule has 0 radical (unpaired) electrons. The number of rotatable bonds is 5. The Balaban J connectivity index is 1.37. The highest BCUT2D eigenvalue weighted by Gasteiger charge is 2.30. The first kappa shape index (κ1) is 16.8. The van der Waals surface area contributed by atoms with Crippen LogP contribution in [0.4, 0.5) is 10.5 Å². The molecule has 126 valence electrons. The van der Waals surface area contributed by atoms with Gasteiger partial charge in [-0.25, -0.2) is 4.79 Å². The lowest BCUT2D eigenvalue weighted by molar-refractivity contribution is 0.129. The minimum atomic E-state index is -0.347. The summed E-state index contributed by atoms with van der Waals surface area (Å²) in [5.41, 5.74) is 3.31. The van der Waals surface area contributed by atoms with Crippen LogP contribution >= 0.6 is 15.9 Å². The maximum absolute atomic E-state index is 11.8. The molecular formula is C19H21BrN2O2. The quantitative estimate of drug-likeness (QED) is 0.784. The lowest BCUT2D eigenvalue weighted by atomic mass is 9.86. The number of hydrogen-bond donors (Lipinski definition) is 2. The van der Waals surface area contributed by atoms with E-state index in [1.54, 1.807) is 0 Å². The number of carbonyl (C=O) groups excluding carboxylic acids is 1. The van der Waals surface area contributed by atoms with Crippen molar-refractivity contribution in [1.29, 1.82) is 0 Å². The molecule has 2 N–H and O–H groups in total. The first-order valence-electron chi connectivity index (χ1n) is 8.10. The summed E-state index contributed by atoms with van der Waals surface area (Å²) >= 11 is 3.54. The van der Waals surface area contributed by atoms with Gasteiger partial charge in [0.05, 0.1) is 0 Å². The fourth-order valence-electron chi connectivity index (χ4n) is 2.70. The van der Waals surface area contributed by atoms with E-state index in [9.17, 15) is 4.79 Å². The first-order valence-corrected chi connectivity index (χ1v) is 8.89. The zero-order valence-corrected chi connectivity index (χ0v) is 15.2. The van der Waals surface area contributed by atoms with E-state index < -0.39 is 0 Å². The molecule has 0 spiro atoms. The van der Waals surface area contributed by atoms with Crippen LogP contribution in [0.3, 0.4) is 0 Å². The first-order chi connectivity index (χ1) is 11.6. The van der Waals surface area contributed by atoms with Crippen molar-refractivity contribution in [3.63, 3.8) is 0 Å². The molecule has 0 unspecified atom stereocenters. The number of nitrogens with one attached hydrogen (secondary N) is 2. The van der Waals surface area contributed by atoms with E-state index in [-0.39, 0.29) is 12.1 Å². The van der Waals surface area contributed by atoms with Gasteiger partial charge in [0.15, 0.2) is 0 Å². The zero-order chi connectivity index (χ0) is 16.9. The Hall–Kier alpha value is -2.01. The molecule has 0 atom stereocenters. The SMILES string of the molecule is Cc1ccc(NC2CC(NC(=O)OCc3ccccc3)C2)cc1Br. The third kappa shape index (κ3) is 4.51. The summed E-state index contributed by atoms with van der Waals surface area (Å²) in [5, 5.41) is 6.40. The third-order valence-corrected chi connectivity index (χ3v) is 5.07. The predicted octanol–water partition coefficient (Wildman–Crippen LogP) is 4.63. The fraction of sp³-hybridized carbons (Fsp3) is 0.316. The van der Waals surface area contributed by atoms with Gasteiger partial charge in [-0.3, -0.25) is 0 Å². The number of hydrogen-bond acceptors (Lipinski definition) is 3. The fourth-order valence-corrected chi connectivity index (χ4v) is 3.08. The molecule has 3 rings (SSSR count). The van der Waals surface area contributed by atoms with E-state index in [0.717, 1.165) is 28.6 Å². The van der Waals surface area contributed by atoms with Crippen molar-refractivity contribution in [2.24, 2.45) is 0 Å². The summed E-state index contributed by atoms with van der Waals surface area (Å²) in [5.74, 6) is 0. The number of ether oxygens (including phenoxy) is 1. The molecule has 1 aliphatic rings. The number of anilines is 1. The molecule has 1 saturated carbocycles. The van der Waals surface area contributed by atoms with E-state index in [2.05, 4.69) is 51.7 Å². The maximum Gasteiger partial charge on any atom is 0.407 e. The largest absolute Gasteiger partial charge is 0.445 e. The van der Waals surface area contributed by atoms with E-state index in [0.29, 0.717) is 12.6 Å². The molecular weight excluding hydrogens is 368 g/mol. The molecule has 5 heteroatoms.